The van der Waals surface area contributed by atoms with Crippen molar-refractivity contribution in [1.29, 1.82) is 0 Å². The minimum absolute atomic E-state index is 0.0840. The summed E-state index contributed by atoms with van der Waals surface area (Å²) in [6.45, 7) is 6.30. The molecular formula is C24H36S2. The highest BCUT2D eigenvalue weighted by atomic mass is 32.2. The van der Waals surface area contributed by atoms with E-state index in [1.807, 2.05) is 23.1 Å². The summed E-state index contributed by atoms with van der Waals surface area (Å²) in [6.07, 6.45) is 25.4. The quantitative estimate of drug-likeness (QED) is 0.226. The molecule has 1 aromatic heterocycles. The summed E-state index contributed by atoms with van der Waals surface area (Å²) in [5, 5.41) is 2.19. The van der Waals surface area contributed by atoms with Gasteiger partial charge in [-0.1, -0.05) is 82.9 Å². The topological polar surface area (TPSA) is 0 Å². The molecular weight excluding hydrogens is 352 g/mol. The van der Waals surface area contributed by atoms with E-state index in [0.29, 0.717) is 0 Å². The van der Waals surface area contributed by atoms with Crippen molar-refractivity contribution in [2.45, 2.75) is 88.7 Å². The molecule has 26 heavy (non-hydrogen) atoms. The van der Waals surface area contributed by atoms with Crippen LogP contribution in [0.3, 0.4) is 0 Å². The van der Waals surface area contributed by atoms with Crippen LogP contribution in [0, 0.1) is 0 Å². The molecule has 0 aromatic carbocycles. The second-order valence-electron chi connectivity index (χ2n) is 7.42. The maximum atomic E-state index is 4.01. The monoisotopic (exact) mass is 388 g/mol. The van der Waals surface area contributed by atoms with Crippen LogP contribution >= 0.6 is 23.1 Å². The van der Waals surface area contributed by atoms with Gasteiger partial charge in [0.25, 0.3) is 0 Å². The molecule has 0 saturated carbocycles. The highest BCUT2D eigenvalue weighted by Crippen LogP contribution is 2.39. The van der Waals surface area contributed by atoms with Gasteiger partial charge in [0.2, 0.25) is 0 Å². The van der Waals surface area contributed by atoms with Gasteiger partial charge in [0.05, 0.1) is 4.75 Å². The van der Waals surface area contributed by atoms with Gasteiger partial charge in [0.15, 0.2) is 0 Å². The fraction of sp³-hybridized carbons (Fsp3) is 0.583. The molecule has 0 N–H and O–H groups in total. The second kappa shape index (κ2) is 12.6. The van der Waals surface area contributed by atoms with Crippen LogP contribution in [0.5, 0.6) is 0 Å². The van der Waals surface area contributed by atoms with E-state index >= 15 is 0 Å². The number of aryl methyl sites for hydroxylation is 1. The van der Waals surface area contributed by atoms with E-state index in [2.05, 4.69) is 55.3 Å². The van der Waals surface area contributed by atoms with Crippen molar-refractivity contribution in [3.05, 3.63) is 52.1 Å². The van der Waals surface area contributed by atoms with E-state index < -0.39 is 0 Å². The molecule has 0 fully saturated rings. The van der Waals surface area contributed by atoms with E-state index in [-0.39, 0.29) is 4.75 Å². The van der Waals surface area contributed by atoms with Crippen molar-refractivity contribution in [1.82, 2.24) is 0 Å². The average molecular weight is 389 g/mol. The van der Waals surface area contributed by atoms with Crippen molar-refractivity contribution in [2.24, 2.45) is 0 Å². The molecule has 144 valence electrons. The molecule has 2 heterocycles. The summed E-state index contributed by atoms with van der Waals surface area (Å²) < 4.78 is 0.0840. The maximum Gasteiger partial charge on any atom is 0.0595 e. The standard InChI is InChI=1S/C24H36S2/c1-3-5-6-7-8-9-10-11-12-13-15-22-16-17-23(26-22)18-20-24(4-2)19-14-21-25-24/h4,14,16-18,20-21H,2-3,5-13,15,19H2,1H3/b20-18+. The first kappa shape index (κ1) is 21.6. The fourth-order valence-electron chi connectivity index (χ4n) is 3.39. The van der Waals surface area contributed by atoms with Gasteiger partial charge in [0, 0.05) is 9.75 Å². The van der Waals surface area contributed by atoms with Crippen molar-refractivity contribution in [3.63, 3.8) is 0 Å². The Labute approximate surface area is 169 Å². The van der Waals surface area contributed by atoms with Gasteiger partial charge in [-0.2, -0.15) is 0 Å². The first-order chi connectivity index (χ1) is 12.8. The third kappa shape index (κ3) is 7.88. The lowest BCUT2D eigenvalue weighted by molar-refractivity contribution is 0.557. The summed E-state index contributed by atoms with van der Waals surface area (Å²) in [4.78, 5) is 2.91. The molecule has 0 bridgehead atoms. The molecule has 1 unspecified atom stereocenters. The largest absolute Gasteiger partial charge is 0.141 e. The summed E-state index contributed by atoms with van der Waals surface area (Å²) in [7, 11) is 0. The zero-order chi connectivity index (χ0) is 18.5. The lowest BCUT2D eigenvalue weighted by Gasteiger charge is -2.18. The Morgan fingerprint density at radius 2 is 1.69 bits per heavy atom. The highest BCUT2D eigenvalue weighted by Gasteiger charge is 2.24. The van der Waals surface area contributed by atoms with Gasteiger partial charge in [0.1, 0.15) is 0 Å². The Hall–Kier alpha value is -0.730. The zero-order valence-electron chi connectivity index (χ0n) is 16.6. The van der Waals surface area contributed by atoms with Crippen LogP contribution in [0.15, 0.2) is 42.3 Å². The smallest absolute Gasteiger partial charge is 0.0595 e. The van der Waals surface area contributed by atoms with Crippen LogP contribution in [-0.4, -0.2) is 4.75 Å². The van der Waals surface area contributed by atoms with E-state index in [1.54, 1.807) is 0 Å². The molecule has 2 heteroatoms. The van der Waals surface area contributed by atoms with Crippen LogP contribution in [0.4, 0.5) is 0 Å². The molecule has 0 radical (unpaired) electrons. The minimum Gasteiger partial charge on any atom is -0.141 e. The predicted octanol–water partition coefficient (Wildman–Crippen LogP) is 8.80. The van der Waals surface area contributed by atoms with Crippen molar-refractivity contribution < 1.29 is 0 Å². The summed E-state index contributed by atoms with van der Waals surface area (Å²) in [5.41, 5.74) is 0. The lowest BCUT2D eigenvalue weighted by atomic mass is 10.0. The van der Waals surface area contributed by atoms with Crippen LogP contribution < -0.4 is 0 Å². The first-order valence-corrected chi connectivity index (χ1v) is 12.2. The number of unbranched alkanes of at least 4 members (excludes halogenated alkanes) is 9. The summed E-state index contributed by atoms with van der Waals surface area (Å²) in [5.74, 6) is 0. The first-order valence-electron chi connectivity index (χ1n) is 10.5. The fourth-order valence-corrected chi connectivity index (χ4v) is 5.23. The molecule has 1 atom stereocenters. The molecule has 0 amide bonds. The van der Waals surface area contributed by atoms with Crippen LogP contribution in [-0.2, 0) is 6.42 Å². The number of hydrogen-bond acceptors (Lipinski definition) is 2. The molecule has 2 rings (SSSR count). The molecule has 1 aliphatic rings. The van der Waals surface area contributed by atoms with Gasteiger partial charge < -0.3 is 0 Å². The molecule has 1 aromatic rings. The Kier molecular flexibility index (Phi) is 10.5. The van der Waals surface area contributed by atoms with Gasteiger partial charge in [-0.05, 0) is 42.9 Å². The van der Waals surface area contributed by atoms with Crippen molar-refractivity contribution >= 4 is 29.2 Å². The molecule has 1 aliphatic heterocycles. The van der Waals surface area contributed by atoms with Gasteiger partial charge >= 0.3 is 0 Å². The Balaban J connectivity index is 1.56. The van der Waals surface area contributed by atoms with Crippen LogP contribution in [0.25, 0.3) is 6.08 Å². The maximum absolute atomic E-state index is 4.01. The molecule has 0 spiro atoms. The Morgan fingerprint density at radius 3 is 2.31 bits per heavy atom. The lowest BCUT2D eigenvalue weighted by Crippen LogP contribution is -2.12. The Bertz CT molecular complexity index is 557. The number of allylic oxidation sites excluding steroid dienone is 1. The van der Waals surface area contributed by atoms with Crippen LogP contribution in [0.1, 0.15) is 87.3 Å². The number of hydrogen-bond donors (Lipinski definition) is 0. The number of thiophene rings is 1. The third-order valence-corrected chi connectivity index (χ3v) is 7.50. The average Bonchev–Trinajstić information content (AvgIpc) is 3.31. The van der Waals surface area contributed by atoms with E-state index in [4.69, 9.17) is 0 Å². The summed E-state index contributed by atoms with van der Waals surface area (Å²) >= 11 is 3.82. The number of thioether (sulfide) groups is 1. The van der Waals surface area contributed by atoms with Gasteiger partial charge in [-0.25, -0.2) is 0 Å². The molecule has 0 saturated heterocycles. The van der Waals surface area contributed by atoms with E-state index in [1.165, 1.54) is 80.4 Å². The third-order valence-electron chi connectivity index (χ3n) is 5.15. The zero-order valence-corrected chi connectivity index (χ0v) is 18.2. The SMILES string of the molecule is C=CC1(/C=C/c2ccc(CCCCCCCCCCCC)s2)CC=CS1. The minimum atomic E-state index is 0.0840. The molecule has 0 nitrogen and oxygen atoms in total. The summed E-state index contributed by atoms with van der Waals surface area (Å²) in [6, 6.07) is 4.59. The van der Waals surface area contributed by atoms with E-state index in [9.17, 15) is 0 Å². The van der Waals surface area contributed by atoms with Gasteiger partial charge in [-0.15, -0.1) is 29.7 Å². The van der Waals surface area contributed by atoms with Crippen molar-refractivity contribution in [3.8, 4) is 0 Å². The molecule has 0 aliphatic carbocycles. The van der Waals surface area contributed by atoms with Gasteiger partial charge in [-0.3, -0.25) is 0 Å². The predicted molar refractivity (Wildman–Crippen MR) is 123 cm³/mol. The Morgan fingerprint density at radius 1 is 1.00 bits per heavy atom. The van der Waals surface area contributed by atoms with Crippen LogP contribution in [0.2, 0.25) is 0 Å². The number of rotatable bonds is 14. The highest BCUT2D eigenvalue weighted by molar-refractivity contribution is 8.04. The second-order valence-corrected chi connectivity index (χ2v) is 9.89. The van der Waals surface area contributed by atoms with E-state index in [0.717, 1.165) is 6.42 Å². The normalized spacial score (nSPS) is 19.6. The van der Waals surface area contributed by atoms with Crippen molar-refractivity contribution in [2.75, 3.05) is 0 Å².